The number of aliphatic hydroxyl groups excluding tert-OH is 1. The molecule has 13 heavy (non-hydrogen) atoms. The number of nitrogens with zero attached hydrogens (tertiary/aromatic N) is 2. The summed E-state index contributed by atoms with van der Waals surface area (Å²) in [6.45, 7) is 2.14. The van der Waals surface area contributed by atoms with E-state index in [0.29, 0.717) is 0 Å². The highest BCUT2D eigenvalue weighted by Crippen LogP contribution is 2.13. The molecule has 1 atom stereocenters. The lowest BCUT2D eigenvalue weighted by molar-refractivity contribution is 0.271. The Balaban J connectivity index is 2.67. The van der Waals surface area contributed by atoms with Crippen LogP contribution in [0, 0.1) is 3.57 Å². The standard InChI is InChI=1S/C8H12IN3O/c1-2-6(4-13)12-8-7(9)3-10-5-11-8/h3,5-6,13H,2,4H2,1H3,(H,10,11,12). The molecule has 4 nitrogen and oxygen atoms in total. The molecule has 1 aromatic rings. The highest BCUT2D eigenvalue weighted by Gasteiger charge is 2.06. The van der Waals surface area contributed by atoms with E-state index in [9.17, 15) is 0 Å². The quantitative estimate of drug-likeness (QED) is 0.821. The number of hydrogen-bond acceptors (Lipinski definition) is 4. The van der Waals surface area contributed by atoms with Gasteiger partial charge in [-0.05, 0) is 29.0 Å². The van der Waals surface area contributed by atoms with Crippen molar-refractivity contribution in [3.63, 3.8) is 0 Å². The third kappa shape index (κ3) is 3.07. The van der Waals surface area contributed by atoms with E-state index in [1.807, 2.05) is 6.92 Å². The van der Waals surface area contributed by atoms with Crippen LogP contribution in [0.5, 0.6) is 0 Å². The first kappa shape index (κ1) is 10.6. The topological polar surface area (TPSA) is 58.0 Å². The van der Waals surface area contributed by atoms with Crippen LogP contribution in [0.3, 0.4) is 0 Å². The Bertz CT molecular complexity index is 265. The van der Waals surface area contributed by atoms with E-state index in [1.165, 1.54) is 6.33 Å². The first-order chi connectivity index (χ1) is 6.27. The van der Waals surface area contributed by atoms with E-state index in [2.05, 4.69) is 37.9 Å². The predicted octanol–water partition coefficient (Wildman–Crippen LogP) is 1.26. The summed E-state index contributed by atoms with van der Waals surface area (Å²) in [5.41, 5.74) is 0. The second-order valence-electron chi connectivity index (χ2n) is 2.65. The molecule has 2 N–H and O–H groups in total. The fourth-order valence-electron chi connectivity index (χ4n) is 0.889. The molecule has 0 aromatic carbocycles. The van der Waals surface area contributed by atoms with Gasteiger partial charge in [-0.15, -0.1) is 0 Å². The van der Waals surface area contributed by atoms with Crippen molar-refractivity contribution in [1.29, 1.82) is 0 Å². The van der Waals surface area contributed by atoms with Crippen molar-refractivity contribution in [3.8, 4) is 0 Å². The molecule has 0 aliphatic rings. The molecule has 0 radical (unpaired) electrons. The van der Waals surface area contributed by atoms with Gasteiger partial charge in [0.25, 0.3) is 0 Å². The number of hydrogen-bond donors (Lipinski definition) is 2. The smallest absolute Gasteiger partial charge is 0.143 e. The Morgan fingerprint density at radius 2 is 2.46 bits per heavy atom. The van der Waals surface area contributed by atoms with Crippen LogP contribution in [0.4, 0.5) is 5.82 Å². The van der Waals surface area contributed by atoms with E-state index < -0.39 is 0 Å². The highest BCUT2D eigenvalue weighted by atomic mass is 127. The van der Waals surface area contributed by atoms with Crippen LogP contribution >= 0.6 is 22.6 Å². The van der Waals surface area contributed by atoms with Gasteiger partial charge in [0.1, 0.15) is 12.1 Å². The molecule has 0 fully saturated rings. The van der Waals surface area contributed by atoms with Crippen LogP contribution in [0.2, 0.25) is 0 Å². The number of nitrogens with one attached hydrogen (secondary N) is 1. The van der Waals surface area contributed by atoms with E-state index in [0.717, 1.165) is 15.8 Å². The Kier molecular flexibility index (Phi) is 4.37. The first-order valence-electron chi connectivity index (χ1n) is 4.10. The van der Waals surface area contributed by atoms with Gasteiger partial charge in [-0.2, -0.15) is 0 Å². The molecule has 5 heteroatoms. The van der Waals surface area contributed by atoms with Crippen LogP contribution in [-0.2, 0) is 0 Å². The van der Waals surface area contributed by atoms with E-state index in [-0.39, 0.29) is 12.6 Å². The van der Waals surface area contributed by atoms with Crippen LogP contribution in [0.1, 0.15) is 13.3 Å². The van der Waals surface area contributed by atoms with Gasteiger partial charge in [-0.25, -0.2) is 9.97 Å². The zero-order valence-corrected chi connectivity index (χ0v) is 9.52. The van der Waals surface area contributed by atoms with Crippen molar-refractivity contribution >= 4 is 28.4 Å². The minimum atomic E-state index is 0.0726. The second-order valence-corrected chi connectivity index (χ2v) is 3.81. The van der Waals surface area contributed by atoms with Gasteiger partial charge in [0, 0.05) is 6.20 Å². The monoisotopic (exact) mass is 293 g/mol. The van der Waals surface area contributed by atoms with E-state index in [4.69, 9.17) is 5.11 Å². The van der Waals surface area contributed by atoms with E-state index >= 15 is 0 Å². The largest absolute Gasteiger partial charge is 0.394 e. The maximum absolute atomic E-state index is 8.97. The SMILES string of the molecule is CCC(CO)Nc1ncncc1I. The minimum absolute atomic E-state index is 0.0726. The molecule has 0 amide bonds. The third-order valence-corrected chi connectivity index (χ3v) is 2.51. The summed E-state index contributed by atoms with van der Waals surface area (Å²) in [6, 6.07) is 0.0726. The van der Waals surface area contributed by atoms with Crippen LogP contribution in [0.25, 0.3) is 0 Å². The molecule has 0 saturated heterocycles. The Hall–Kier alpha value is -0.430. The van der Waals surface area contributed by atoms with Crippen LogP contribution in [-0.4, -0.2) is 27.7 Å². The van der Waals surface area contributed by atoms with Crippen LogP contribution < -0.4 is 5.32 Å². The summed E-state index contributed by atoms with van der Waals surface area (Å²) < 4.78 is 0.965. The second kappa shape index (κ2) is 5.33. The fourth-order valence-corrected chi connectivity index (χ4v) is 1.34. The summed E-state index contributed by atoms with van der Waals surface area (Å²) in [5, 5.41) is 12.1. The Labute approximate surface area is 90.9 Å². The van der Waals surface area contributed by atoms with Crippen LogP contribution in [0.15, 0.2) is 12.5 Å². The summed E-state index contributed by atoms with van der Waals surface area (Å²) >= 11 is 2.16. The lowest BCUT2D eigenvalue weighted by atomic mass is 10.2. The summed E-state index contributed by atoms with van der Waals surface area (Å²) in [5.74, 6) is 0.788. The molecule has 0 spiro atoms. The zero-order chi connectivity index (χ0) is 9.68. The number of aromatic nitrogens is 2. The number of anilines is 1. The Morgan fingerprint density at radius 1 is 1.69 bits per heavy atom. The van der Waals surface area contributed by atoms with Crippen molar-refractivity contribution < 1.29 is 5.11 Å². The zero-order valence-electron chi connectivity index (χ0n) is 7.37. The molecular formula is C8H12IN3O. The third-order valence-electron chi connectivity index (χ3n) is 1.72. The summed E-state index contributed by atoms with van der Waals surface area (Å²) in [4.78, 5) is 7.96. The number of halogens is 1. The van der Waals surface area contributed by atoms with Gasteiger partial charge in [0.2, 0.25) is 0 Å². The minimum Gasteiger partial charge on any atom is -0.394 e. The first-order valence-corrected chi connectivity index (χ1v) is 5.18. The molecular weight excluding hydrogens is 281 g/mol. The maximum Gasteiger partial charge on any atom is 0.143 e. The highest BCUT2D eigenvalue weighted by molar-refractivity contribution is 14.1. The van der Waals surface area contributed by atoms with Crippen molar-refractivity contribution in [2.24, 2.45) is 0 Å². The molecule has 72 valence electrons. The van der Waals surface area contributed by atoms with Crippen molar-refractivity contribution in [1.82, 2.24) is 9.97 Å². The molecule has 0 bridgehead atoms. The van der Waals surface area contributed by atoms with Gasteiger partial charge in [0.15, 0.2) is 0 Å². The predicted molar refractivity (Wildman–Crippen MR) is 59.5 cm³/mol. The average molecular weight is 293 g/mol. The maximum atomic E-state index is 8.97. The lowest BCUT2D eigenvalue weighted by Gasteiger charge is -2.14. The van der Waals surface area contributed by atoms with Crippen molar-refractivity contribution in [2.45, 2.75) is 19.4 Å². The lowest BCUT2D eigenvalue weighted by Crippen LogP contribution is -2.23. The molecule has 1 rings (SSSR count). The fraction of sp³-hybridized carbons (Fsp3) is 0.500. The Morgan fingerprint density at radius 3 is 3.00 bits per heavy atom. The van der Waals surface area contributed by atoms with Gasteiger partial charge < -0.3 is 10.4 Å². The van der Waals surface area contributed by atoms with Crippen molar-refractivity contribution in [3.05, 3.63) is 16.1 Å². The van der Waals surface area contributed by atoms with Crippen molar-refractivity contribution in [2.75, 3.05) is 11.9 Å². The summed E-state index contributed by atoms with van der Waals surface area (Å²) in [6.07, 6.45) is 4.10. The van der Waals surface area contributed by atoms with Gasteiger partial charge in [0.05, 0.1) is 16.2 Å². The average Bonchev–Trinajstić information content (AvgIpc) is 2.17. The van der Waals surface area contributed by atoms with E-state index in [1.54, 1.807) is 6.20 Å². The molecule has 0 aliphatic heterocycles. The molecule has 1 unspecified atom stereocenters. The van der Waals surface area contributed by atoms with Gasteiger partial charge in [-0.1, -0.05) is 6.92 Å². The normalized spacial score (nSPS) is 12.5. The molecule has 1 heterocycles. The van der Waals surface area contributed by atoms with Gasteiger partial charge >= 0.3 is 0 Å². The molecule has 1 aromatic heterocycles. The number of rotatable bonds is 4. The molecule has 0 aliphatic carbocycles. The summed E-state index contributed by atoms with van der Waals surface area (Å²) in [7, 11) is 0. The van der Waals surface area contributed by atoms with Gasteiger partial charge in [-0.3, -0.25) is 0 Å². The number of aliphatic hydroxyl groups is 1. The molecule has 0 saturated carbocycles.